The molecule has 1 saturated carbocycles. The van der Waals surface area contributed by atoms with Crippen LogP contribution in [0.1, 0.15) is 0 Å². The lowest BCUT2D eigenvalue weighted by Crippen LogP contribution is -2.56. The first-order valence-corrected chi connectivity index (χ1v) is 5.96. The van der Waals surface area contributed by atoms with Gasteiger partial charge in [0.15, 0.2) is 0 Å². The van der Waals surface area contributed by atoms with Gasteiger partial charge in [0.25, 0.3) is 0 Å². The largest absolute Gasteiger partial charge is 0.469 e. The summed E-state index contributed by atoms with van der Waals surface area (Å²) in [7, 11) is 2.58. The molecule has 0 amide bonds. The molecule has 0 heterocycles. The lowest BCUT2D eigenvalue weighted by atomic mass is 9.58. The van der Waals surface area contributed by atoms with Crippen molar-refractivity contribution in [2.75, 3.05) is 26.0 Å². The molecule has 1 fully saturated rings. The minimum Gasteiger partial charge on any atom is -0.469 e. The van der Waals surface area contributed by atoms with Crippen LogP contribution in [0, 0.1) is 23.7 Å². The first-order chi connectivity index (χ1) is 7.62. The zero-order chi connectivity index (χ0) is 12.3. The van der Waals surface area contributed by atoms with Crippen LogP contribution in [0.4, 0.5) is 0 Å². The Morgan fingerprint density at radius 2 is 1.25 bits per heavy atom. The average Bonchev–Trinajstić information content (AvgIpc) is 2.28. The van der Waals surface area contributed by atoms with Gasteiger partial charge in [0.05, 0.1) is 26.1 Å². The Morgan fingerprint density at radius 3 is 1.44 bits per heavy atom. The van der Waals surface area contributed by atoms with Crippen LogP contribution in [0.2, 0.25) is 0 Å². The number of ether oxygens (including phenoxy) is 2. The maximum atomic E-state index is 11.5. The third kappa shape index (κ3) is 2.13. The fraction of sp³-hybridized carbons (Fsp3) is 0.800. The number of alkyl halides is 2. The molecule has 92 valence electrons. The molecule has 6 heteroatoms. The van der Waals surface area contributed by atoms with Crippen molar-refractivity contribution < 1.29 is 19.1 Å². The topological polar surface area (TPSA) is 52.6 Å². The first kappa shape index (κ1) is 13.6. The van der Waals surface area contributed by atoms with Crippen molar-refractivity contribution in [3.8, 4) is 0 Å². The number of methoxy groups -OCH3 is 2. The third-order valence-corrected chi connectivity index (χ3v) is 3.88. The van der Waals surface area contributed by atoms with E-state index in [1.165, 1.54) is 14.2 Å². The summed E-state index contributed by atoms with van der Waals surface area (Å²) < 4.78 is 9.31. The Bertz CT molecular complexity index is 254. The highest BCUT2D eigenvalue weighted by molar-refractivity contribution is 6.19. The van der Waals surface area contributed by atoms with Crippen molar-refractivity contribution in [2.24, 2.45) is 23.7 Å². The summed E-state index contributed by atoms with van der Waals surface area (Å²) in [6.07, 6.45) is 0. The molecular formula is C10H14Cl2O4. The number of rotatable bonds is 4. The number of hydrogen-bond acceptors (Lipinski definition) is 4. The number of hydrogen-bond donors (Lipinski definition) is 0. The van der Waals surface area contributed by atoms with Crippen LogP contribution in [0.5, 0.6) is 0 Å². The molecule has 0 aromatic heterocycles. The van der Waals surface area contributed by atoms with Gasteiger partial charge in [0.2, 0.25) is 0 Å². The monoisotopic (exact) mass is 268 g/mol. The molecule has 0 aromatic carbocycles. The molecule has 1 aliphatic rings. The van der Waals surface area contributed by atoms with Gasteiger partial charge in [0.1, 0.15) is 0 Å². The van der Waals surface area contributed by atoms with Gasteiger partial charge in [-0.3, -0.25) is 9.59 Å². The molecular weight excluding hydrogens is 255 g/mol. The summed E-state index contributed by atoms with van der Waals surface area (Å²) in [5.74, 6) is -1.58. The SMILES string of the molecule is COC(=O)[C@@H]1[C@@H](CCl)[C@H](CCl)[C@@H]1C(=O)OC. The number of carbonyl (C=O) groups excluding carboxylic acids is 2. The first-order valence-electron chi connectivity index (χ1n) is 4.89. The van der Waals surface area contributed by atoms with E-state index in [1.54, 1.807) is 0 Å². The molecule has 0 unspecified atom stereocenters. The van der Waals surface area contributed by atoms with Crippen molar-refractivity contribution in [1.82, 2.24) is 0 Å². The van der Waals surface area contributed by atoms with E-state index in [-0.39, 0.29) is 23.6 Å². The van der Waals surface area contributed by atoms with Gasteiger partial charge in [-0.05, 0) is 11.8 Å². The van der Waals surface area contributed by atoms with E-state index >= 15 is 0 Å². The van der Waals surface area contributed by atoms with Gasteiger partial charge in [-0.15, -0.1) is 23.2 Å². The minimum absolute atomic E-state index is 0.115. The summed E-state index contributed by atoms with van der Waals surface area (Å²) in [4.78, 5) is 23.0. The van der Waals surface area contributed by atoms with Crippen LogP contribution in [0.15, 0.2) is 0 Å². The van der Waals surface area contributed by atoms with Gasteiger partial charge in [-0.2, -0.15) is 0 Å². The van der Waals surface area contributed by atoms with E-state index < -0.39 is 23.8 Å². The molecule has 0 spiro atoms. The second-order valence-electron chi connectivity index (χ2n) is 3.73. The van der Waals surface area contributed by atoms with Gasteiger partial charge >= 0.3 is 11.9 Å². The van der Waals surface area contributed by atoms with Gasteiger partial charge in [-0.1, -0.05) is 0 Å². The average molecular weight is 269 g/mol. The van der Waals surface area contributed by atoms with Crippen LogP contribution in [-0.2, 0) is 19.1 Å². The van der Waals surface area contributed by atoms with Gasteiger partial charge in [-0.25, -0.2) is 0 Å². The Labute approximate surface area is 104 Å². The Morgan fingerprint density at radius 1 is 0.938 bits per heavy atom. The Kier molecular flexibility index (Phi) is 4.87. The van der Waals surface area contributed by atoms with Crippen LogP contribution in [-0.4, -0.2) is 37.9 Å². The summed E-state index contributed by atoms with van der Waals surface area (Å²) >= 11 is 11.5. The quantitative estimate of drug-likeness (QED) is 0.570. The lowest BCUT2D eigenvalue weighted by molar-refractivity contribution is -0.175. The summed E-state index contributed by atoms with van der Waals surface area (Å²) in [5, 5.41) is 0. The lowest BCUT2D eigenvalue weighted by Gasteiger charge is -2.47. The highest BCUT2D eigenvalue weighted by atomic mass is 35.5. The van der Waals surface area contributed by atoms with E-state index in [9.17, 15) is 9.59 Å². The zero-order valence-electron chi connectivity index (χ0n) is 9.11. The van der Waals surface area contributed by atoms with Crippen LogP contribution in [0.3, 0.4) is 0 Å². The number of carbonyl (C=O) groups is 2. The molecule has 4 nitrogen and oxygen atoms in total. The molecule has 1 aliphatic carbocycles. The fourth-order valence-electron chi connectivity index (χ4n) is 2.26. The zero-order valence-corrected chi connectivity index (χ0v) is 10.6. The van der Waals surface area contributed by atoms with E-state index in [2.05, 4.69) is 9.47 Å². The molecule has 4 atom stereocenters. The smallest absolute Gasteiger partial charge is 0.309 e. The maximum Gasteiger partial charge on any atom is 0.309 e. The molecule has 16 heavy (non-hydrogen) atoms. The fourth-order valence-corrected chi connectivity index (χ4v) is 3.10. The predicted octanol–water partition coefficient (Wildman–Crippen LogP) is 1.29. The molecule has 0 saturated heterocycles. The second kappa shape index (κ2) is 5.73. The summed E-state index contributed by atoms with van der Waals surface area (Å²) in [5.41, 5.74) is 0. The summed E-state index contributed by atoms with van der Waals surface area (Å²) in [6.45, 7) is 0. The molecule has 1 rings (SSSR count). The standard InChI is InChI=1S/C10H14Cl2O4/c1-15-9(13)7-5(3-11)6(4-12)8(7)10(14)16-2/h5-8H,3-4H2,1-2H3/t5-,6-,7-,8+/m0/s1. The van der Waals surface area contributed by atoms with Crippen molar-refractivity contribution in [2.45, 2.75) is 0 Å². The molecule has 0 aliphatic heterocycles. The molecule has 0 aromatic rings. The van der Waals surface area contributed by atoms with Gasteiger partial charge < -0.3 is 9.47 Å². The Balaban J connectivity index is 2.85. The van der Waals surface area contributed by atoms with E-state index in [0.29, 0.717) is 0 Å². The number of halogens is 2. The van der Waals surface area contributed by atoms with Crippen molar-refractivity contribution in [1.29, 1.82) is 0 Å². The predicted molar refractivity (Wildman–Crippen MR) is 59.4 cm³/mol. The molecule has 0 bridgehead atoms. The van der Waals surface area contributed by atoms with E-state index in [4.69, 9.17) is 23.2 Å². The van der Waals surface area contributed by atoms with Crippen molar-refractivity contribution in [3.63, 3.8) is 0 Å². The normalized spacial score (nSPS) is 32.8. The Hall–Kier alpha value is -0.480. The third-order valence-electron chi connectivity index (χ3n) is 3.16. The maximum absolute atomic E-state index is 11.5. The molecule has 0 radical (unpaired) electrons. The van der Waals surface area contributed by atoms with Crippen molar-refractivity contribution in [3.05, 3.63) is 0 Å². The van der Waals surface area contributed by atoms with Gasteiger partial charge in [0, 0.05) is 11.8 Å². The van der Waals surface area contributed by atoms with Crippen LogP contribution in [0.25, 0.3) is 0 Å². The highest BCUT2D eigenvalue weighted by Gasteiger charge is 2.57. The minimum atomic E-state index is -0.529. The molecule has 0 N–H and O–H groups in total. The van der Waals surface area contributed by atoms with E-state index in [0.717, 1.165) is 0 Å². The van der Waals surface area contributed by atoms with Crippen LogP contribution >= 0.6 is 23.2 Å². The number of esters is 2. The van der Waals surface area contributed by atoms with E-state index in [1.807, 2.05) is 0 Å². The second-order valence-corrected chi connectivity index (χ2v) is 4.35. The summed E-state index contributed by atoms with van der Waals surface area (Å²) in [6, 6.07) is 0. The highest BCUT2D eigenvalue weighted by Crippen LogP contribution is 2.48. The van der Waals surface area contributed by atoms with Crippen molar-refractivity contribution >= 4 is 35.1 Å². The van der Waals surface area contributed by atoms with Crippen LogP contribution < -0.4 is 0 Å².